The summed E-state index contributed by atoms with van der Waals surface area (Å²) in [6, 6.07) is 0.450. The van der Waals surface area contributed by atoms with Crippen LogP contribution in [0.4, 0.5) is 0 Å². The van der Waals surface area contributed by atoms with E-state index in [1.807, 2.05) is 0 Å². The minimum Gasteiger partial charge on any atom is -0.356 e. The molecule has 1 saturated heterocycles. The van der Waals surface area contributed by atoms with Gasteiger partial charge < -0.3 is 20.4 Å². The normalized spacial score (nSPS) is 16.6. The molecule has 0 aromatic heterocycles. The molecule has 0 aromatic carbocycles. The Morgan fingerprint density at radius 1 is 1.22 bits per heavy atom. The highest BCUT2D eigenvalue weighted by Crippen LogP contribution is 2.10. The van der Waals surface area contributed by atoms with Crippen LogP contribution in [0.5, 0.6) is 0 Å². The average Bonchev–Trinajstić information content (AvgIpc) is 2.51. The first-order valence-corrected chi connectivity index (χ1v) is 8.54. The van der Waals surface area contributed by atoms with Crippen LogP contribution in [0.2, 0.25) is 0 Å². The van der Waals surface area contributed by atoms with E-state index < -0.39 is 0 Å². The second kappa shape index (κ2) is 12.8. The monoisotopic (exact) mass is 439 g/mol. The number of nitrogens with one attached hydrogen (secondary N) is 2. The molecule has 1 heterocycles. The molecule has 7 heteroatoms. The minimum atomic E-state index is 0. The Bertz CT molecular complexity index is 354. The molecule has 0 aromatic rings. The highest BCUT2D eigenvalue weighted by Gasteiger charge is 2.19. The molecule has 0 atom stereocenters. The Balaban J connectivity index is 0.00000484. The van der Waals surface area contributed by atoms with Gasteiger partial charge >= 0.3 is 0 Å². The zero-order valence-electron chi connectivity index (χ0n) is 15.1. The molecule has 2 N–H and O–H groups in total. The number of guanidine groups is 1. The smallest absolute Gasteiger partial charge is 0.243 e. The highest BCUT2D eigenvalue weighted by atomic mass is 127. The fourth-order valence-electron chi connectivity index (χ4n) is 2.49. The van der Waals surface area contributed by atoms with Crippen LogP contribution < -0.4 is 10.6 Å². The highest BCUT2D eigenvalue weighted by molar-refractivity contribution is 14.0. The quantitative estimate of drug-likeness (QED) is 0.359. The molecule has 0 bridgehead atoms. The summed E-state index contributed by atoms with van der Waals surface area (Å²) in [4.78, 5) is 20.2. The predicted octanol–water partition coefficient (Wildman–Crippen LogP) is 1.51. The first kappa shape index (κ1) is 22.4. The SMILES string of the molecule is CCCNC(=NCC(=O)N(C)C)NC1CCN(CCC)CC1.I. The van der Waals surface area contributed by atoms with Crippen LogP contribution in [-0.4, -0.2) is 74.5 Å². The number of nitrogens with zero attached hydrogens (tertiary/aromatic N) is 3. The van der Waals surface area contributed by atoms with Crippen LogP contribution in [0.25, 0.3) is 0 Å². The van der Waals surface area contributed by atoms with Gasteiger partial charge in [0.1, 0.15) is 6.54 Å². The summed E-state index contributed by atoms with van der Waals surface area (Å²) in [5.41, 5.74) is 0. The fourth-order valence-corrected chi connectivity index (χ4v) is 2.49. The van der Waals surface area contributed by atoms with Crippen molar-refractivity contribution in [2.24, 2.45) is 4.99 Å². The van der Waals surface area contributed by atoms with Gasteiger partial charge in [-0.1, -0.05) is 13.8 Å². The van der Waals surface area contributed by atoms with Crippen molar-refractivity contribution in [3.8, 4) is 0 Å². The van der Waals surface area contributed by atoms with Crippen LogP contribution in [0, 0.1) is 0 Å². The number of carbonyl (C=O) groups excluding carboxylic acids is 1. The zero-order valence-corrected chi connectivity index (χ0v) is 17.4. The number of aliphatic imine (C=N–C) groups is 1. The third-order valence-corrected chi connectivity index (χ3v) is 3.88. The fraction of sp³-hybridized carbons (Fsp3) is 0.875. The van der Waals surface area contributed by atoms with Crippen molar-refractivity contribution in [1.82, 2.24) is 20.4 Å². The molecule has 1 rings (SSSR count). The minimum absolute atomic E-state index is 0. The van der Waals surface area contributed by atoms with Crippen molar-refractivity contribution >= 4 is 35.8 Å². The molecule has 0 aliphatic carbocycles. The maximum Gasteiger partial charge on any atom is 0.243 e. The molecular weight excluding hydrogens is 405 g/mol. The molecular formula is C16H34IN5O. The van der Waals surface area contributed by atoms with Gasteiger partial charge in [0.05, 0.1) is 0 Å². The van der Waals surface area contributed by atoms with Crippen molar-refractivity contribution in [2.45, 2.75) is 45.6 Å². The standard InChI is InChI=1S/C16H33N5O.HI/c1-5-9-17-16(18-13-15(22)20(3)4)19-14-7-11-21(10-6-2)12-8-14;/h14H,5-13H2,1-4H3,(H2,17,18,19);1H. The lowest BCUT2D eigenvalue weighted by atomic mass is 10.1. The van der Waals surface area contributed by atoms with E-state index in [1.54, 1.807) is 19.0 Å². The molecule has 6 nitrogen and oxygen atoms in total. The van der Waals surface area contributed by atoms with E-state index in [9.17, 15) is 4.79 Å². The number of carbonyl (C=O) groups is 1. The Kier molecular flexibility index (Phi) is 12.5. The largest absolute Gasteiger partial charge is 0.356 e. The summed E-state index contributed by atoms with van der Waals surface area (Å²) < 4.78 is 0. The third-order valence-electron chi connectivity index (χ3n) is 3.88. The maximum absolute atomic E-state index is 11.7. The van der Waals surface area contributed by atoms with Gasteiger partial charge in [0.15, 0.2) is 5.96 Å². The van der Waals surface area contributed by atoms with Crippen molar-refractivity contribution in [3.63, 3.8) is 0 Å². The number of likely N-dealkylation sites (tertiary alicyclic amines) is 1. The lowest BCUT2D eigenvalue weighted by Gasteiger charge is -2.32. The summed E-state index contributed by atoms with van der Waals surface area (Å²) >= 11 is 0. The molecule has 136 valence electrons. The van der Waals surface area contributed by atoms with E-state index in [4.69, 9.17) is 0 Å². The second-order valence-corrected chi connectivity index (χ2v) is 6.14. The number of hydrogen-bond donors (Lipinski definition) is 2. The van der Waals surface area contributed by atoms with Crippen molar-refractivity contribution in [3.05, 3.63) is 0 Å². The van der Waals surface area contributed by atoms with Gasteiger partial charge in [0, 0.05) is 39.8 Å². The van der Waals surface area contributed by atoms with E-state index in [2.05, 4.69) is 34.4 Å². The Morgan fingerprint density at radius 2 is 1.87 bits per heavy atom. The molecule has 1 fully saturated rings. The zero-order chi connectivity index (χ0) is 16.4. The number of amides is 1. The van der Waals surface area contributed by atoms with Gasteiger partial charge in [-0.15, -0.1) is 24.0 Å². The van der Waals surface area contributed by atoms with Gasteiger partial charge in [-0.2, -0.15) is 0 Å². The third kappa shape index (κ3) is 9.34. The Labute approximate surface area is 158 Å². The first-order chi connectivity index (χ1) is 10.6. The van der Waals surface area contributed by atoms with E-state index in [0.29, 0.717) is 6.04 Å². The molecule has 23 heavy (non-hydrogen) atoms. The van der Waals surface area contributed by atoms with Crippen molar-refractivity contribution in [1.29, 1.82) is 0 Å². The summed E-state index contributed by atoms with van der Waals surface area (Å²) in [5.74, 6) is 0.793. The molecule has 0 radical (unpaired) electrons. The van der Waals surface area contributed by atoms with Crippen LogP contribution in [0.1, 0.15) is 39.5 Å². The number of halogens is 1. The van der Waals surface area contributed by atoms with Gasteiger partial charge in [-0.3, -0.25) is 4.79 Å². The van der Waals surface area contributed by atoms with E-state index in [1.165, 1.54) is 13.0 Å². The number of likely N-dealkylation sites (N-methyl/N-ethyl adjacent to an activating group) is 1. The number of hydrogen-bond acceptors (Lipinski definition) is 3. The Morgan fingerprint density at radius 3 is 2.39 bits per heavy atom. The van der Waals surface area contributed by atoms with Crippen LogP contribution >= 0.6 is 24.0 Å². The lowest BCUT2D eigenvalue weighted by Crippen LogP contribution is -2.49. The maximum atomic E-state index is 11.7. The summed E-state index contributed by atoms with van der Waals surface area (Å²) in [7, 11) is 3.52. The van der Waals surface area contributed by atoms with Gasteiger partial charge in [0.2, 0.25) is 5.91 Å². The van der Waals surface area contributed by atoms with Gasteiger partial charge in [-0.05, 0) is 32.2 Å². The molecule has 0 unspecified atom stereocenters. The predicted molar refractivity (Wildman–Crippen MR) is 108 cm³/mol. The topological polar surface area (TPSA) is 60.0 Å². The molecule has 1 amide bonds. The van der Waals surface area contributed by atoms with Crippen LogP contribution in [0.3, 0.4) is 0 Å². The van der Waals surface area contributed by atoms with E-state index in [-0.39, 0.29) is 36.4 Å². The van der Waals surface area contributed by atoms with Crippen molar-refractivity contribution < 1.29 is 4.79 Å². The average molecular weight is 439 g/mol. The molecule has 1 aliphatic heterocycles. The molecule has 1 aliphatic rings. The van der Waals surface area contributed by atoms with Crippen molar-refractivity contribution in [2.75, 3.05) is 46.8 Å². The molecule has 0 saturated carbocycles. The van der Waals surface area contributed by atoms with Gasteiger partial charge in [0.25, 0.3) is 0 Å². The van der Waals surface area contributed by atoms with Crippen LogP contribution in [-0.2, 0) is 4.79 Å². The Hall–Kier alpha value is -0.570. The number of rotatable bonds is 7. The van der Waals surface area contributed by atoms with E-state index in [0.717, 1.165) is 44.9 Å². The van der Waals surface area contributed by atoms with E-state index >= 15 is 0 Å². The second-order valence-electron chi connectivity index (χ2n) is 6.14. The van der Waals surface area contributed by atoms with Gasteiger partial charge in [-0.25, -0.2) is 4.99 Å². The molecule has 0 spiro atoms. The first-order valence-electron chi connectivity index (χ1n) is 8.54. The van der Waals surface area contributed by atoms with Crippen LogP contribution in [0.15, 0.2) is 4.99 Å². The summed E-state index contributed by atoms with van der Waals surface area (Å²) in [5, 5.41) is 6.79. The summed E-state index contributed by atoms with van der Waals surface area (Å²) in [6.07, 6.45) is 4.52. The lowest BCUT2D eigenvalue weighted by molar-refractivity contribution is -0.127. The number of piperidine rings is 1. The summed E-state index contributed by atoms with van der Waals surface area (Å²) in [6.45, 7) is 8.90.